The molecule has 0 fully saturated rings. The van der Waals surface area contributed by atoms with E-state index < -0.39 is 0 Å². The molecule has 6 rings (SSSR count). The SMILES string of the molecule is Nc1cncc(-c2cnc3n[nH]c(-c4cc5c(-c6ccc(F)cc6)cccc5[nH]4)c3c2)c1. The van der Waals surface area contributed by atoms with Crippen LogP contribution in [0.25, 0.3) is 55.6 Å². The summed E-state index contributed by atoms with van der Waals surface area (Å²) in [6.07, 6.45) is 5.14. The third-order valence-electron chi connectivity index (χ3n) is 5.59. The van der Waals surface area contributed by atoms with Crippen LogP contribution in [-0.2, 0) is 0 Å². The van der Waals surface area contributed by atoms with Gasteiger partial charge in [-0.3, -0.25) is 10.1 Å². The van der Waals surface area contributed by atoms with Gasteiger partial charge in [0.2, 0.25) is 0 Å². The predicted octanol–water partition coefficient (Wildman–Crippen LogP) is 5.56. The van der Waals surface area contributed by atoms with Gasteiger partial charge >= 0.3 is 0 Å². The number of aromatic amines is 2. The highest BCUT2D eigenvalue weighted by Crippen LogP contribution is 2.34. The van der Waals surface area contributed by atoms with Crippen molar-refractivity contribution in [1.29, 1.82) is 0 Å². The average Bonchev–Trinajstić information content (AvgIpc) is 3.43. The van der Waals surface area contributed by atoms with Crippen molar-refractivity contribution in [3.05, 3.63) is 85.1 Å². The quantitative estimate of drug-likeness (QED) is 0.349. The van der Waals surface area contributed by atoms with Gasteiger partial charge in [0.15, 0.2) is 5.65 Å². The predicted molar refractivity (Wildman–Crippen MR) is 124 cm³/mol. The molecule has 32 heavy (non-hydrogen) atoms. The van der Waals surface area contributed by atoms with Gasteiger partial charge in [0.1, 0.15) is 5.82 Å². The maximum Gasteiger partial charge on any atom is 0.181 e. The van der Waals surface area contributed by atoms with Crippen molar-refractivity contribution in [3.8, 4) is 33.6 Å². The zero-order valence-corrected chi connectivity index (χ0v) is 16.8. The number of benzene rings is 2. The van der Waals surface area contributed by atoms with Crippen LogP contribution in [-0.4, -0.2) is 25.1 Å². The fourth-order valence-corrected chi connectivity index (χ4v) is 4.05. The maximum absolute atomic E-state index is 13.4. The number of rotatable bonds is 3. The Bertz CT molecular complexity index is 1600. The highest BCUT2D eigenvalue weighted by molar-refractivity contribution is 6.01. The Morgan fingerprint density at radius 2 is 1.66 bits per heavy atom. The summed E-state index contributed by atoms with van der Waals surface area (Å²) in [5.74, 6) is -0.252. The van der Waals surface area contributed by atoms with E-state index in [1.54, 1.807) is 30.7 Å². The normalized spacial score (nSPS) is 11.4. The highest BCUT2D eigenvalue weighted by Gasteiger charge is 2.15. The summed E-state index contributed by atoms with van der Waals surface area (Å²) in [6, 6.07) is 18.5. The van der Waals surface area contributed by atoms with E-state index in [4.69, 9.17) is 5.73 Å². The van der Waals surface area contributed by atoms with Crippen molar-refractivity contribution in [1.82, 2.24) is 25.1 Å². The molecule has 4 N–H and O–H groups in total. The van der Waals surface area contributed by atoms with Crippen LogP contribution < -0.4 is 5.73 Å². The second kappa shape index (κ2) is 7.02. The van der Waals surface area contributed by atoms with Crippen LogP contribution in [0.5, 0.6) is 0 Å². The molecular formula is C25H17FN6. The van der Waals surface area contributed by atoms with Gasteiger partial charge in [0, 0.05) is 46.0 Å². The van der Waals surface area contributed by atoms with Crippen LogP contribution >= 0.6 is 0 Å². The number of pyridine rings is 2. The number of nitrogen functional groups attached to an aromatic ring is 1. The monoisotopic (exact) mass is 420 g/mol. The van der Waals surface area contributed by atoms with Gasteiger partial charge in [-0.2, -0.15) is 5.10 Å². The Morgan fingerprint density at radius 3 is 2.50 bits per heavy atom. The summed E-state index contributed by atoms with van der Waals surface area (Å²) in [7, 11) is 0. The van der Waals surface area contributed by atoms with Gasteiger partial charge in [0.05, 0.1) is 17.1 Å². The third-order valence-corrected chi connectivity index (χ3v) is 5.59. The molecule has 0 spiro atoms. The topological polar surface area (TPSA) is 96.3 Å². The molecular weight excluding hydrogens is 403 g/mol. The number of H-pyrrole nitrogens is 2. The van der Waals surface area contributed by atoms with Crippen molar-refractivity contribution < 1.29 is 4.39 Å². The molecule has 0 amide bonds. The molecule has 7 heteroatoms. The fourth-order valence-electron chi connectivity index (χ4n) is 4.05. The van der Waals surface area contributed by atoms with Crippen LogP contribution in [0.15, 0.2) is 79.3 Å². The molecule has 0 atom stereocenters. The van der Waals surface area contributed by atoms with E-state index in [0.717, 1.165) is 49.9 Å². The standard InChI is InChI=1S/C25H17FN6/c26-17-6-4-14(5-7-17)19-2-1-3-22-20(19)10-23(30-22)24-21-9-16(12-29-25(21)32-31-24)15-8-18(27)13-28-11-15/h1-13,30H,27H2,(H,29,31,32). The molecule has 6 aromatic rings. The minimum atomic E-state index is -0.252. The van der Waals surface area contributed by atoms with Crippen molar-refractivity contribution in [2.45, 2.75) is 0 Å². The number of nitrogens with one attached hydrogen (secondary N) is 2. The number of fused-ring (bicyclic) bond motifs is 2. The van der Waals surface area contributed by atoms with Crippen molar-refractivity contribution in [2.75, 3.05) is 5.73 Å². The van der Waals surface area contributed by atoms with Crippen LogP contribution in [0.3, 0.4) is 0 Å². The van der Waals surface area contributed by atoms with E-state index in [-0.39, 0.29) is 5.82 Å². The first-order chi connectivity index (χ1) is 15.7. The second-order valence-corrected chi connectivity index (χ2v) is 7.66. The summed E-state index contributed by atoms with van der Waals surface area (Å²) in [5, 5.41) is 9.42. The first-order valence-corrected chi connectivity index (χ1v) is 10.1. The summed E-state index contributed by atoms with van der Waals surface area (Å²) in [4.78, 5) is 12.2. The molecule has 0 aliphatic rings. The Balaban J connectivity index is 1.50. The summed E-state index contributed by atoms with van der Waals surface area (Å²) in [6.45, 7) is 0. The third kappa shape index (κ3) is 2.99. The van der Waals surface area contributed by atoms with Crippen LogP contribution in [0.2, 0.25) is 0 Å². The van der Waals surface area contributed by atoms with Crippen molar-refractivity contribution in [3.63, 3.8) is 0 Å². The second-order valence-electron chi connectivity index (χ2n) is 7.66. The molecule has 154 valence electrons. The number of aromatic nitrogens is 5. The Labute approximate surface area is 182 Å². The zero-order chi connectivity index (χ0) is 21.7. The number of halogens is 1. The molecule has 0 saturated carbocycles. The Morgan fingerprint density at radius 1 is 0.812 bits per heavy atom. The molecule has 0 bridgehead atoms. The van der Waals surface area contributed by atoms with E-state index in [2.05, 4.69) is 31.2 Å². The highest BCUT2D eigenvalue weighted by atomic mass is 19.1. The average molecular weight is 420 g/mol. The lowest BCUT2D eigenvalue weighted by atomic mass is 10.0. The van der Waals surface area contributed by atoms with Crippen molar-refractivity contribution in [2.24, 2.45) is 0 Å². The maximum atomic E-state index is 13.4. The number of anilines is 1. The largest absolute Gasteiger partial charge is 0.397 e. The van der Waals surface area contributed by atoms with Gasteiger partial charge in [-0.25, -0.2) is 9.37 Å². The molecule has 0 radical (unpaired) electrons. The molecule has 4 heterocycles. The van der Waals surface area contributed by atoms with E-state index in [0.29, 0.717) is 11.3 Å². The minimum absolute atomic E-state index is 0.252. The number of hydrogen-bond acceptors (Lipinski definition) is 4. The lowest BCUT2D eigenvalue weighted by Gasteiger charge is -2.03. The molecule has 0 unspecified atom stereocenters. The first-order valence-electron chi connectivity index (χ1n) is 10.1. The Hall–Kier alpha value is -4.52. The molecule has 4 aromatic heterocycles. The fraction of sp³-hybridized carbons (Fsp3) is 0. The smallest absolute Gasteiger partial charge is 0.181 e. The van der Waals surface area contributed by atoms with Crippen LogP contribution in [0, 0.1) is 5.82 Å². The van der Waals surface area contributed by atoms with Gasteiger partial charge in [-0.05, 0) is 47.5 Å². The summed E-state index contributed by atoms with van der Waals surface area (Å²) in [5.41, 5.74) is 13.6. The molecule has 0 saturated heterocycles. The minimum Gasteiger partial charge on any atom is -0.397 e. The number of nitrogens with zero attached hydrogens (tertiary/aromatic N) is 3. The lowest BCUT2D eigenvalue weighted by molar-refractivity contribution is 0.628. The molecule has 2 aromatic carbocycles. The van der Waals surface area contributed by atoms with E-state index >= 15 is 0 Å². The summed E-state index contributed by atoms with van der Waals surface area (Å²) >= 11 is 0. The molecule has 6 nitrogen and oxygen atoms in total. The van der Waals surface area contributed by atoms with Gasteiger partial charge in [0.25, 0.3) is 0 Å². The first kappa shape index (κ1) is 18.3. The van der Waals surface area contributed by atoms with Gasteiger partial charge in [-0.15, -0.1) is 0 Å². The molecule has 0 aliphatic heterocycles. The van der Waals surface area contributed by atoms with Crippen molar-refractivity contribution >= 4 is 27.6 Å². The lowest BCUT2D eigenvalue weighted by Crippen LogP contribution is -1.88. The van der Waals surface area contributed by atoms with E-state index in [1.165, 1.54) is 12.1 Å². The van der Waals surface area contributed by atoms with Crippen LogP contribution in [0.1, 0.15) is 0 Å². The zero-order valence-electron chi connectivity index (χ0n) is 16.8. The molecule has 0 aliphatic carbocycles. The Kier molecular flexibility index (Phi) is 4.01. The van der Waals surface area contributed by atoms with E-state index in [9.17, 15) is 4.39 Å². The number of nitrogens with two attached hydrogens (primary N) is 1. The van der Waals surface area contributed by atoms with Crippen LogP contribution in [0.4, 0.5) is 10.1 Å². The van der Waals surface area contributed by atoms with Gasteiger partial charge in [-0.1, -0.05) is 24.3 Å². The summed E-state index contributed by atoms with van der Waals surface area (Å²) < 4.78 is 13.4. The van der Waals surface area contributed by atoms with E-state index in [1.807, 2.05) is 30.3 Å². The van der Waals surface area contributed by atoms with Gasteiger partial charge < -0.3 is 10.7 Å². The number of hydrogen-bond donors (Lipinski definition) is 3.